The van der Waals surface area contributed by atoms with Crippen LogP contribution in [-0.4, -0.2) is 23.5 Å². The average Bonchev–Trinajstić information content (AvgIpc) is 2.81. The Kier molecular flexibility index (Phi) is 8.68. The minimum Gasteiger partial charge on any atom is -0.489 e. The molecule has 0 unspecified atom stereocenters. The molecule has 3 aromatic rings. The van der Waals surface area contributed by atoms with Crippen LogP contribution in [0.25, 0.3) is 0 Å². The molecule has 3 aromatic carbocycles. The van der Waals surface area contributed by atoms with E-state index < -0.39 is 11.6 Å². The molecule has 178 valence electrons. The minimum atomic E-state index is -0.642. The zero-order valence-corrected chi connectivity index (χ0v) is 19.9. The van der Waals surface area contributed by atoms with E-state index in [-0.39, 0.29) is 24.7 Å². The molecule has 0 saturated carbocycles. The summed E-state index contributed by atoms with van der Waals surface area (Å²) in [6.45, 7) is 5.91. The van der Waals surface area contributed by atoms with Gasteiger partial charge in [0.25, 0.3) is 0 Å². The van der Waals surface area contributed by atoms with E-state index in [9.17, 15) is 9.59 Å². The molecule has 1 amide bonds. The third-order valence-electron chi connectivity index (χ3n) is 4.84. The lowest BCUT2D eigenvalue weighted by Gasteiger charge is -2.22. The number of hydrogen-bond acceptors (Lipinski definition) is 5. The van der Waals surface area contributed by atoms with E-state index in [4.69, 9.17) is 9.47 Å². The van der Waals surface area contributed by atoms with Crippen molar-refractivity contribution < 1.29 is 19.1 Å². The lowest BCUT2D eigenvalue weighted by molar-refractivity contribution is -0.154. The number of anilines is 2. The van der Waals surface area contributed by atoms with Gasteiger partial charge in [-0.05, 0) is 57.0 Å². The number of carbonyl (C=O) groups excluding carboxylic acids is 2. The normalized spacial score (nSPS) is 11.9. The molecule has 0 spiro atoms. The zero-order valence-electron chi connectivity index (χ0n) is 19.9. The highest BCUT2D eigenvalue weighted by atomic mass is 16.6. The molecule has 1 atom stereocenters. The number of para-hydroxylation sites is 1. The van der Waals surface area contributed by atoms with Crippen molar-refractivity contribution in [2.24, 2.45) is 0 Å². The van der Waals surface area contributed by atoms with Crippen molar-refractivity contribution in [1.82, 2.24) is 0 Å². The lowest BCUT2D eigenvalue weighted by atomic mass is 10.1. The van der Waals surface area contributed by atoms with Gasteiger partial charge in [0.05, 0.1) is 0 Å². The maximum absolute atomic E-state index is 13.1. The van der Waals surface area contributed by atoms with Gasteiger partial charge in [0, 0.05) is 23.9 Å². The monoisotopic (exact) mass is 460 g/mol. The maximum Gasteiger partial charge on any atom is 0.306 e. The summed E-state index contributed by atoms with van der Waals surface area (Å²) in [5.41, 5.74) is 1.91. The van der Waals surface area contributed by atoms with Crippen LogP contribution in [0.2, 0.25) is 0 Å². The third kappa shape index (κ3) is 8.62. The molecule has 2 N–H and O–H groups in total. The van der Waals surface area contributed by atoms with Gasteiger partial charge in [-0.15, -0.1) is 0 Å². The average molecular weight is 461 g/mol. The third-order valence-corrected chi connectivity index (χ3v) is 4.84. The SMILES string of the molecule is CC(C)(C)OC(=O)CC[C@H](Nc1cccc(OCc2ccccc2)c1)C(=O)Nc1ccccc1. The van der Waals surface area contributed by atoms with E-state index in [1.807, 2.05) is 106 Å². The van der Waals surface area contributed by atoms with Gasteiger partial charge in [-0.2, -0.15) is 0 Å². The number of benzene rings is 3. The van der Waals surface area contributed by atoms with E-state index in [1.165, 1.54) is 0 Å². The molecule has 0 fully saturated rings. The van der Waals surface area contributed by atoms with E-state index in [2.05, 4.69) is 10.6 Å². The fraction of sp³-hybridized carbons (Fsp3) is 0.286. The van der Waals surface area contributed by atoms with Crippen molar-refractivity contribution in [3.05, 3.63) is 90.5 Å². The molecule has 6 heteroatoms. The Bertz CT molecular complexity index is 1060. The number of esters is 1. The Morgan fingerprint density at radius 1 is 0.853 bits per heavy atom. The first-order valence-electron chi connectivity index (χ1n) is 11.4. The van der Waals surface area contributed by atoms with E-state index >= 15 is 0 Å². The summed E-state index contributed by atoms with van der Waals surface area (Å²) in [6.07, 6.45) is 0.393. The van der Waals surface area contributed by atoms with Crippen LogP contribution >= 0.6 is 0 Å². The summed E-state index contributed by atoms with van der Waals surface area (Å²) in [5.74, 6) is 0.111. The molecule has 0 aliphatic carbocycles. The van der Waals surface area contributed by atoms with Crippen LogP contribution in [0.15, 0.2) is 84.9 Å². The standard InChI is InChI=1S/C28H32N2O4/c1-28(2,3)34-26(31)18-17-25(27(32)30-22-13-8-5-9-14-22)29-23-15-10-16-24(19-23)33-20-21-11-6-4-7-12-21/h4-16,19,25,29H,17-18,20H2,1-3H3,(H,30,32)/t25-/m0/s1. The second-order valence-electron chi connectivity index (χ2n) is 8.98. The van der Waals surface area contributed by atoms with Gasteiger partial charge in [-0.25, -0.2) is 0 Å². The van der Waals surface area contributed by atoms with Gasteiger partial charge in [0.2, 0.25) is 5.91 Å². The first-order valence-corrected chi connectivity index (χ1v) is 11.4. The van der Waals surface area contributed by atoms with Crippen LogP contribution in [0.4, 0.5) is 11.4 Å². The fourth-order valence-electron chi connectivity index (χ4n) is 3.29. The second kappa shape index (κ2) is 11.9. The molecule has 0 aliphatic heterocycles. The van der Waals surface area contributed by atoms with Gasteiger partial charge < -0.3 is 20.1 Å². The summed E-state index contributed by atoms with van der Waals surface area (Å²) >= 11 is 0. The second-order valence-corrected chi connectivity index (χ2v) is 8.98. The largest absolute Gasteiger partial charge is 0.489 e. The van der Waals surface area contributed by atoms with Crippen LogP contribution in [-0.2, 0) is 20.9 Å². The number of carbonyl (C=O) groups is 2. The zero-order chi connectivity index (χ0) is 24.4. The summed E-state index contributed by atoms with van der Waals surface area (Å²) in [5, 5.41) is 6.17. The molecule has 34 heavy (non-hydrogen) atoms. The fourth-order valence-corrected chi connectivity index (χ4v) is 3.29. The van der Waals surface area contributed by atoms with Gasteiger partial charge in [0.15, 0.2) is 0 Å². The van der Waals surface area contributed by atoms with Crippen molar-refractivity contribution in [1.29, 1.82) is 0 Å². The van der Waals surface area contributed by atoms with Crippen molar-refractivity contribution in [2.45, 2.75) is 51.9 Å². The summed E-state index contributed by atoms with van der Waals surface area (Å²) in [7, 11) is 0. The molecule has 0 radical (unpaired) electrons. The van der Waals surface area contributed by atoms with Crippen LogP contribution in [0.5, 0.6) is 5.75 Å². The van der Waals surface area contributed by atoms with Crippen LogP contribution < -0.4 is 15.4 Å². The molecular weight excluding hydrogens is 428 g/mol. The number of rotatable bonds is 10. The van der Waals surface area contributed by atoms with E-state index in [1.54, 1.807) is 0 Å². The Morgan fingerprint density at radius 2 is 1.50 bits per heavy atom. The molecule has 6 nitrogen and oxygen atoms in total. The summed E-state index contributed by atoms with van der Waals surface area (Å²) in [4.78, 5) is 25.3. The Morgan fingerprint density at radius 3 is 2.18 bits per heavy atom. The molecule has 0 aromatic heterocycles. The summed E-state index contributed by atoms with van der Waals surface area (Å²) in [6, 6.07) is 25.9. The van der Waals surface area contributed by atoms with Crippen molar-refractivity contribution in [3.8, 4) is 5.75 Å². The van der Waals surface area contributed by atoms with Gasteiger partial charge in [-0.1, -0.05) is 54.6 Å². The number of amides is 1. The van der Waals surface area contributed by atoms with Crippen LogP contribution in [0, 0.1) is 0 Å². The smallest absolute Gasteiger partial charge is 0.306 e. The van der Waals surface area contributed by atoms with Crippen LogP contribution in [0.1, 0.15) is 39.2 Å². The van der Waals surface area contributed by atoms with Crippen molar-refractivity contribution >= 4 is 23.3 Å². The predicted octanol–water partition coefficient (Wildman–Crippen LogP) is 5.81. The van der Waals surface area contributed by atoms with Crippen LogP contribution in [0.3, 0.4) is 0 Å². The highest BCUT2D eigenvalue weighted by Crippen LogP contribution is 2.21. The topological polar surface area (TPSA) is 76.7 Å². The maximum atomic E-state index is 13.1. The Balaban J connectivity index is 1.68. The van der Waals surface area contributed by atoms with E-state index in [0.29, 0.717) is 18.0 Å². The molecule has 0 bridgehead atoms. The highest BCUT2D eigenvalue weighted by molar-refractivity contribution is 5.96. The van der Waals surface area contributed by atoms with E-state index in [0.717, 1.165) is 11.3 Å². The highest BCUT2D eigenvalue weighted by Gasteiger charge is 2.23. The predicted molar refractivity (Wildman–Crippen MR) is 135 cm³/mol. The lowest BCUT2D eigenvalue weighted by Crippen LogP contribution is -2.35. The minimum absolute atomic E-state index is 0.112. The number of hydrogen-bond donors (Lipinski definition) is 2. The number of ether oxygens (including phenoxy) is 2. The molecule has 3 rings (SSSR count). The Labute approximate surface area is 201 Å². The molecule has 0 aliphatic rings. The van der Waals surface area contributed by atoms with Gasteiger partial charge in [-0.3, -0.25) is 9.59 Å². The van der Waals surface area contributed by atoms with Gasteiger partial charge >= 0.3 is 5.97 Å². The Hall–Kier alpha value is -3.80. The van der Waals surface area contributed by atoms with Crippen molar-refractivity contribution in [2.75, 3.05) is 10.6 Å². The van der Waals surface area contributed by atoms with Gasteiger partial charge in [0.1, 0.15) is 24.0 Å². The molecule has 0 saturated heterocycles. The molecular formula is C28H32N2O4. The summed E-state index contributed by atoms with van der Waals surface area (Å²) < 4.78 is 11.3. The number of nitrogens with one attached hydrogen (secondary N) is 2. The van der Waals surface area contributed by atoms with Crippen molar-refractivity contribution in [3.63, 3.8) is 0 Å². The first kappa shape index (κ1) is 24.8. The first-order chi connectivity index (χ1) is 16.3. The molecule has 0 heterocycles. The quantitative estimate of drug-likeness (QED) is 0.374.